The van der Waals surface area contributed by atoms with Crippen molar-refractivity contribution >= 4 is 23.2 Å². The van der Waals surface area contributed by atoms with Crippen molar-refractivity contribution < 1.29 is 0 Å². The third-order valence-corrected chi connectivity index (χ3v) is 3.85. The Balaban J connectivity index is 1.98. The Morgan fingerprint density at radius 1 is 1.35 bits per heavy atom. The van der Waals surface area contributed by atoms with E-state index < -0.39 is 0 Å². The molecule has 0 aliphatic heterocycles. The SMILES string of the molecule is N#CC1CCCC1NCc1cc(Cl)ccc1Cl. The number of nitriles is 1. The van der Waals surface area contributed by atoms with Crippen LogP contribution in [-0.4, -0.2) is 6.04 Å². The van der Waals surface area contributed by atoms with Crippen molar-refractivity contribution in [2.24, 2.45) is 5.92 Å². The summed E-state index contributed by atoms with van der Waals surface area (Å²) < 4.78 is 0. The van der Waals surface area contributed by atoms with Crippen LogP contribution in [0.5, 0.6) is 0 Å². The van der Waals surface area contributed by atoms with Crippen LogP contribution in [-0.2, 0) is 6.54 Å². The van der Waals surface area contributed by atoms with Crippen molar-refractivity contribution in [3.05, 3.63) is 33.8 Å². The molecule has 90 valence electrons. The first-order chi connectivity index (χ1) is 8.20. The minimum atomic E-state index is 0.132. The topological polar surface area (TPSA) is 35.8 Å². The van der Waals surface area contributed by atoms with Gasteiger partial charge in [0.25, 0.3) is 0 Å². The van der Waals surface area contributed by atoms with E-state index >= 15 is 0 Å². The van der Waals surface area contributed by atoms with Gasteiger partial charge < -0.3 is 5.32 Å². The van der Waals surface area contributed by atoms with E-state index in [0.29, 0.717) is 16.6 Å². The maximum absolute atomic E-state index is 9.00. The maximum Gasteiger partial charge on any atom is 0.0672 e. The van der Waals surface area contributed by atoms with E-state index in [9.17, 15) is 0 Å². The van der Waals surface area contributed by atoms with Crippen LogP contribution in [0.4, 0.5) is 0 Å². The van der Waals surface area contributed by atoms with Crippen LogP contribution in [0, 0.1) is 17.2 Å². The number of halogens is 2. The average molecular weight is 269 g/mol. The quantitative estimate of drug-likeness (QED) is 0.906. The summed E-state index contributed by atoms with van der Waals surface area (Å²) in [7, 11) is 0. The summed E-state index contributed by atoms with van der Waals surface area (Å²) in [6.07, 6.45) is 3.19. The zero-order chi connectivity index (χ0) is 12.3. The van der Waals surface area contributed by atoms with E-state index in [1.165, 1.54) is 0 Å². The van der Waals surface area contributed by atoms with Gasteiger partial charge in [0.1, 0.15) is 0 Å². The third-order valence-electron chi connectivity index (χ3n) is 3.24. The monoisotopic (exact) mass is 268 g/mol. The molecule has 1 N–H and O–H groups in total. The van der Waals surface area contributed by atoms with Crippen LogP contribution in [0.3, 0.4) is 0 Å². The van der Waals surface area contributed by atoms with Gasteiger partial charge >= 0.3 is 0 Å². The lowest BCUT2D eigenvalue weighted by Crippen LogP contribution is -2.31. The van der Waals surface area contributed by atoms with Crippen LogP contribution in [0.1, 0.15) is 24.8 Å². The predicted molar refractivity (Wildman–Crippen MR) is 70.0 cm³/mol. The molecule has 0 amide bonds. The van der Waals surface area contributed by atoms with Gasteiger partial charge in [0, 0.05) is 22.6 Å². The molecule has 1 aromatic rings. The molecule has 1 aliphatic rings. The van der Waals surface area contributed by atoms with E-state index in [-0.39, 0.29) is 12.0 Å². The van der Waals surface area contributed by atoms with Crippen LogP contribution in [0.2, 0.25) is 10.0 Å². The Kier molecular flexibility index (Phi) is 4.28. The molecule has 0 radical (unpaired) electrons. The molecule has 1 saturated carbocycles. The highest BCUT2D eigenvalue weighted by Crippen LogP contribution is 2.26. The van der Waals surface area contributed by atoms with Crippen LogP contribution >= 0.6 is 23.2 Å². The summed E-state index contributed by atoms with van der Waals surface area (Å²) in [4.78, 5) is 0. The van der Waals surface area contributed by atoms with Crippen molar-refractivity contribution in [1.29, 1.82) is 5.26 Å². The summed E-state index contributed by atoms with van der Waals surface area (Å²) in [5.74, 6) is 0.132. The van der Waals surface area contributed by atoms with Crippen molar-refractivity contribution in [3.8, 4) is 6.07 Å². The molecule has 1 fully saturated rings. The molecule has 0 aromatic heterocycles. The number of nitrogens with one attached hydrogen (secondary N) is 1. The molecule has 2 atom stereocenters. The van der Waals surface area contributed by atoms with E-state index in [1.54, 1.807) is 12.1 Å². The van der Waals surface area contributed by atoms with Gasteiger partial charge in [-0.1, -0.05) is 29.6 Å². The Hall–Kier alpha value is -0.750. The average Bonchev–Trinajstić information content (AvgIpc) is 2.77. The van der Waals surface area contributed by atoms with E-state index in [1.807, 2.05) is 6.07 Å². The molecule has 0 spiro atoms. The van der Waals surface area contributed by atoms with Crippen LogP contribution in [0.15, 0.2) is 18.2 Å². The van der Waals surface area contributed by atoms with Crippen molar-refractivity contribution in [2.45, 2.75) is 31.8 Å². The van der Waals surface area contributed by atoms with Crippen molar-refractivity contribution in [2.75, 3.05) is 0 Å². The van der Waals surface area contributed by atoms with Gasteiger partial charge in [-0.25, -0.2) is 0 Å². The molecule has 4 heteroatoms. The largest absolute Gasteiger partial charge is 0.309 e. The molecule has 0 saturated heterocycles. The molecule has 0 bridgehead atoms. The lowest BCUT2D eigenvalue weighted by molar-refractivity contribution is 0.464. The first-order valence-corrected chi connectivity index (χ1v) is 6.53. The predicted octanol–water partition coefficient (Wildman–Crippen LogP) is 3.78. The van der Waals surface area contributed by atoms with Crippen LogP contribution in [0.25, 0.3) is 0 Å². The minimum absolute atomic E-state index is 0.132. The lowest BCUT2D eigenvalue weighted by atomic mass is 10.1. The smallest absolute Gasteiger partial charge is 0.0672 e. The number of hydrogen-bond acceptors (Lipinski definition) is 2. The Labute approximate surface area is 112 Å². The minimum Gasteiger partial charge on any atom is -0.309 e. The van der Waals surface area contributed by atoms with Gasteiger partial charge in [0.2, 0.25) is 0 Å². The number of benzene rings is 1. The number of rotatable bonds is 3. The highest BCUT2D eigenvalue weighted by Gasteiger charge is 2.26. The first kappa shape index (κ1) is 12.7. The molecule has 2 nitrogen and oxygen atoms in total. The summed E-state index contributed by atoms with van der Waals surface area (Å²) in [6.45, 7) is 0.669. The Morgan fingerprint density at radius 2 is 2.18 bits per heavy atom. The Morgan fingerprint density at radius 3 is 2.94 bits per heavy atom. The highest BCUT2D eigenvalue weighted by molar-refractivity contribution is 6.33. The molecule has 2 rings (SSSR count). The second kappa shape index (κ2) is 5.73. The van der Waals surface area contributed by atoms with E-state index in [0.717, 1.165) is 24.8 Å². The second-order valence-electron chi connectivity index (χ2n) is 4.39. The first-order valence-electron chi connectivity index (χ1n) is 5.77. The molecule has 17 heavy (non-hydrogen) atoms. The molecule has 1 aliphatic carbocycles. The third kappa shape index (κ3) is 3.13. The van der Waals surface area contributed by atoms with Crippen molar-refractivity contribution in [3.63, 3.8) is 0 Å². The summed E-state index contributed by atoms with van der Waals surface area (Å²) in [5, 5.41) is 13.8. The summed E-state index contributed by atoms with van der Waals surface area (Å²) in [5.41, 5.74) is 0.989. The Bertz CT molecular complexity index is 440. The summed E-state index contributed by atoms with van der Waals surface area (Å²) >= 11 is 12.0. The maximum atomic E-state index is 9.00. The summed E-state index contributed by atoms with van der Waals surface area (Å²) in [6, 6.07) is 8.09. The molecule has 2 unspecified atom stereocenters. The number of nitrogens with zero attached hydrogens (tertiary/aromatic N) is 1. The highest BCUT2D eigenvalue weighted by atomic mass is 35.5. The zero-order valence-corrected chi connectivity index (χ0v) is 10.9. The molecular weight excluding hydrogens is 255 g/mol. The molecule has 1 aromatic carbocycles. The number of hydrogen-bond donors (Lipinski definition) is 1. The van der Waals surface area contributed by atoms with E-state index in [2.05, 4.69) is 11.4 Å². The van der Waals surface area contributed by atoms with Gasteiger partial charge in [0.05, 0.1) is 12.0 Å². The standard InChI is InChI=1S/C13H14Cl2N2/c14-11-4-5-12(15)10(6-11)8-17-13-3-1-2-9(13)7-16/h4-6,9,13,17H,1-3,8H2. The fourth-order valence-electron chi connectivity index (χ4n) is 2.28. The fourth-order valence-corrected chi connectivity index (χ4v) is 2.66. The van der Waals surface area contributed by atoms with Crippen molar-refractivity contribution in [1.82, 2.24) is 5.32 Å². The fraction of sp³-hybridized carbons (Fsp3) is 0.462. The van der Waals surface area contributed by atoms with Gasteiger partial charge in [-0.3, -0.25) is 0 Å². The second-order valence-corrected chi connectivity index (χ2v) is 5.23. The lowest BCUT2D eigenvalue weighted by Gasteiger charge is -2.16. The zero-order valence-electron chi connectivity index (χ0n) is 9.42. The normalized spacial score (nSPS) is 23.6. The molecular formula is C13H14Cl2N2. The van der Waals surface area contributed by atoms with Crippen LogP contribution < -0.4 is 5.32 Å². The van der Waals surface area contributed by atoms with Gasteiger partial charge in [0.15, 0.2) is 0 Å². The molecule has 0 heterocycles. The van der Waals surface area contributed by atoms with Gasteiger partial charge in [-0.15, -0.1) is 0 Å². The van der Waals surface area contributed by atoms with Gasteiger partial charge in [-0.05, 0) is 36.6 Å². The van der Waals surface area contributed by atoms with Gasteiger partial charge in [-0.2, -0.15) is 5.26 Å². The van der Waals surface area contributed by atoms with E-state index in [4.69, 9.17) is 28.5 Å².